The summed E-state index contributed by atoms with van der Waals surface area (Å²) in [5.74, 6) is 1.97. The lowest BCUT2D eigenvalue weighted by Crippen LogP contribution is -2.19. The predicted octanol–water partition coefficient (Wildman–Crippen LogP) is 4.85. The van der Waals surface area contributed by atoms with E-state index in [4.69, 9.17) is 21.1 Å². The fourth-order valence-corrected chi connectivity index (χ4v) is 3.32. The van der Waals surface area contributed by atoms with E-state index in [-0.39, 0.29) is 11.7 Å². The molecule has 0 unspecified atom stereocenters. The molecule has 0 aromatic heterocycles. The van der Waals surface area contributed by atoms with E-state index in [1.165, 1.54) is 18.0 Å². The average molecular weight is 431 g/mol. The van der Waals surface area contributed by atoms with E-state index < -0.39 is 0 Å². The van der Waals surface area contributed by atoms with E-state index in [0.717, 1.165) is 5.56 Å². The van der Waals surface area contributed by atoms with Crippen LogP contribution in [0.25, 0.3) is 0 Å². The Kier molecular flexibility index (Phi) is 9.89. The van der Waals surface area contributed by atoms with Gasteiger partial charge in [-0.3, -0.25) is 4.79 Å². The molecule has 0 bridgehead atoms. The van der Waals surface area contributed by atoms with E-state index in [2.05, 4.69) is 23.7 Å². The normalized spacial score (nSPS) is 10.5. The lowest BCUT2D eigenvalue weighted by molar-refractivity contribution is -0.118. The van der Waals surface area contributed by atoms with Gasteiger partial charge in [-0.05, 0) is 23.8 Å². The first-order valence-corrected chi connectivity index (χ1v) is 10.4. The van der Waals surface area contributed by atoms with Crippen molar-refractivity contribution in [2.75, 3.05) is 19.0 Å². The first kappa shape index (κ1) is 22.6. The number of nitrogens with one attached hydrogen (secondary N) is 1. The fourth-order valence-electron chi connectivity index (χ4n) is 2.22. The Balaban J connectivity index is 1.88. The highest BCUT2D eigenvalue weighted by atomic mass is 35.5. The van der Waals surface area contributed by atoms with Gasteiger partial charge in [0, 0.05) is 22.4 Å². The second-order valence-corrected chi connectivity index (χ2v) is 7.17. The summed E-state index contributed by atoms with van der Waals surface area (Å²) in [5.41, 5.74) is 4.23. The van der Waals surface area contributed by atoms with Crippen molar-refractivity contribution in [3.05, 3.63) is 83.9 Å². The molecule has 2 rings (SSSR count). The minimum atomic E-state index is -0.196. The zero-order valence-electron chi connectivity index (χ0n) is 16.0. The van der Waals surface area contributed by atoms with E-state index in [1.54, 1.807) is 30.4 Å². The first-order chi connectivity index (χ1) is 14.1. The molecule has 0 radical (unpaired) electrons. The van der Waals surface area contributed by atoms with Gasteiger partial charge in [0.15, 0.2) is 0 Å². The molecule has 0 heterocycles. The lowest BCUT2D eigenvalue weighted by atomic mass is 10.2. The highest BCUT2D eigenvalue weighted by molar-refractivity contribution is 7.99. The molecule has 0 aliphatic carbocycles. The molecule has 152 valence electrons. The SMILES string of the molecule is C=CCOc1ccc(/C=N\NC(=O)CSCc2ccccc2Cl)c(OCC=C)c1. The maximum absolute atomic E-state index is 12.0. The molecular formula is C22H23ClN2O3S. The Morgan fingerprint density at radius 1 is 1.14 bits per heavy atom. The Morgan fingerprint density at radius 2 is 1.90 bits per heavy atom. The number of hydrogen-bond donors (Lipinski definition) is 1. The van der Waals surface area contributed by atoms with Crippen LogP contribution in [0.1, 0.15) is 11.1 Å². The summed E-state index contributed by atoms with van der Waals surface area (Å²) in [5, 5.41) is 4.72. The van der Waals surface area contributed by atoms with Crippen LogP contribution in [0.15, 0.2) is 72.9 Å². The number of ether oxygens (including phenoxy) is 2. The number of carbonyl (C=O) groups is 1. The van der Waals surface area contributed by atoms with Crippen LogP contribution in [0.2, 0.25) is 5.02 Å². The summed E-state index contributed by atoms with van der Waals surface area (Å²) in [4.78, 5) is 12.0. The van der Waals surface area contributed by atoms with Gasteiger partial charge >= 0.3 is 0 Å². The lowest BCUT2D eigenvalue weighted by Gasteiger charge is -2.10. The summed E-state index contributed by atoms with van der Waals surface area (Å²) < 4.78 is 11.2. The third-order valence-electron chi connectivity index (χ3n) is 3.55. The number of carbonyl (C=O) groups excluding carboxylic acids is 1. The predicted molar refractivity (Wildman–Crippen MR) is 121 cm³/mol. The van der Waals surface area contributed by atoms with Crippen molar-refractivity contribution >= 4 is 35.5 Å². The van der Waals surface area contributed by atoms with E-state index in [0.29, 0.717) is 41.1 Å². The second-order valence-electron chi connectivity index (χ2n) is 5.78. The molecule has 2 aromatic rings. The summed E-state index contributed by atoms with van der Waals surface area (Å²) in [7, 11) is 0. The summed E-state index contributed by atoms with van der Waals surface area (Å²) in [6, 6.07) is 12.9. The number of thioether (sulfide) groups is 1. The molecule has 0 saturated heterocycles. The number of rotatable bonds is 12. The van der Waals surface area contributed by atoms with Crippen LogP contribution in [0.3, 0.4) is 0 Å². The maximum atomic E-state index is 12.0. The third-order valence-corrected chi connectivity index (χ3v) is 4.90. The molecule has 0 spiro atoms. The highest BCUT2D eigenvalue weighted by Gasteiger charge is 2.06. The summed E-state index contributed by atoms with van der Waals surface area (Å²) in [6.45, 7) is 8.02. The van der Waals surface area contributed by atoms with Gasteiger partial charge in [0.1, 0.15) is 24.7 Å². The quantitative estimate of drug-likeness (QED) is 0.297. The van der Waals surface area contributed by atoms with Crippen molar-refractivity contribution in [3.8, 4) is 11.5 Å². The van der Waals surface area contributed by atoms with E-state index >= 15 is 0 Å². The molecule has 1 N–H and O–H groups in total. The molecule has 29 heavy (non-hydrogen) atoms. The third kappa shape index (κ3) is 8.05. The highest BCUT2D eigenvalue weighted by Crippen LogP contribution is 2.24. The largest absolute Gasteiger partial charge is 0.489 e. The van der Waals surface area contributed by atoms with Gasteiger partial charge < -0.3 is 9.47 Å². The molecule has 0 aliphatic rings. The first-order valence-electron chi connectivity index (χ1n) is 8.88. The maximum Gasteiger partial charge on any atom is 0.250 e. The zero-order chi connectivity index (χ0) is 20.9. The van der Waals surface area contributed by atoms with Gasteiger partial charge in [-0.2, -0.15) is 5.10 Å². The number of hydrazone groups is 1. The molecule has 0 saturated carbocycles. The fraction of sp³-hybridized carbons (Fsp3) is 0.182. The van der Waals surface area contributed by atoms with Crippen LogP contribution in [-0.2, 0) is 10.5 Å². The van der Waals surface area contributed by atoms with Gasteiger partial charge in [0.25, 0.3) is 0 Å². The monoisotopic (exact) mass is 430 g/mol. The van der Waals surface area contributed by atoms with Gasteiger partial charge in [-0.15, -0.1) is 11.8 Å². The van der Waals surface area contributed by atoms with Crippen LogP contribution in [0.4, 0.5) is 0 Å². The number of nitrogens with zero attached hydrogens (tertiary/aromatic N) is 1. The standard InChI is InChI=1S/C22H23ClN2O3S/c1-3-11-27-19-10-9-17(21(13-19)28-12-4-2)14-24-25-22(26)16-29-15-18-7-5-6-8-20(18)23/h3-10,13-14H,1-2,11-12,15-16H2,(H,25,26)/b24-14-. The van der Waals surface area contributed by atoms with Crippen molar-refractivity contribution in [2.45, 2.75) is 5.75 Å². The van der Waals surface area contributed by atoms with Crippen LogP contribution >= 0.6 is 23.4 Å². The number of amides is 1. The molecule has 7 heteroatoms. The Labute approximate surface area is 180 Å². The number of hydrogen-bond acceptors (Lipinski definition) is 5. The Morgan fingerprint density at radius 3 is 2.66 bits per heavy atom. The molecule has 0 fully saturated rings. The van der Waals surface area contributed by atoms with Crippen molar-refractivity contribution in [1.29, 1.82) is 0 Å². The second kappa shape index (κ2) is 12.7. The van der Waals surface area contributed by atoms with Crippen molar-refractivity contribution < 1.29 is 14.3 Å². The Bertz CT molecular complexity index is 871. The molecule has 1 amide bonds. The van der Waals surface area contributed by atoms with Crippen molar-refractivity contribution in [3.63, 3.8) is 0 Å². The molecule has 5 nitrogen and oxygen atoms in total. The zero-order valence-corrected chi connectivity index (χ0v) is 17.5. The molecule has 0 atom stereocenters. The summed E-state index contributed by atoms with van der Waals surface area (Å²) in [6.07, 6.45) is 4.85. The van der Waals surface area contributed by atoms with Crippen LogP contribution in [0.5, 0.6) is 11.5 Å². The molecule has 2 aromatic carbocycles. The average Bonchev–Trinajstić information content (AvgIpc) is 2.73. The van der Waals surface area contributed by atoms with E-state index in [9.17, 15) is 4.79 Å². The summed E-state index contributed by atoms with van der Waals surface area (Å²) >= 11 is 7.58. The topological polar surface area (TPSA) is 59.9 Å². The van der Waals surface area contributed by atoms with Gasteiger partial charge in [0.05, 0.1) is 12.0 Å². The minimum absolute atomic E-state index is 0.196. The van der Waals surface area contributed by atoms with Crippen LogP contribution < -0.4 is 14.9 Å². The minimum Gasteiger partial charge on any atom is -0.489 e. The molecule has 0 aliphatic heterocycles. The van der Waals surface area contributed by atoms with Gasteiger partial charge in [-0.25, -0.2) is 5.43 Å². The Hall–Kier alpha value is -2.70. The smallest absolute Gasteiger partial charge is 0.250 e. The van der Waals surface area contributed by atoms with Crippen LogP contribution in [-0.4, -0.2) is 31.1 Å². The van der Waals surface area contributed by atoms with Crippen molar-refractivity contribution in [1.82, 2.24) is 5.43 Å². The van der Waals surface area contributed by atoms with Crippen molar-refractivity contribution in [2.24, 2.45) is 5.10 Å². The molecular weight excluding hydrogens is 408 g/mol. The van der Waals surface area contributed by atoms with Crippen LogP contribution in [0, 0.1) is 0 Å². The number of halogens is 1. The number of benzene rings is 2. The van der Waals surface area contributed by atoms with Gasteiger partial charge in [0.2, 0.25) is 5.91 Å². The van der Waals surface area contributed by atoms with Gasteiger partial charge in [-0.1, -0.05) is 55.1 Å². The van der Waals surface area contributed by atoms with E-state index in [1.807, 2.05) is 24.3 Å².